The first-order chi connectivity index (χ1) is 36.0. The molecule has 0 saturated heterocycles. The van der Waals surface area contributed by atoms with Crippen molar-refractivity contribution in [1.82, 2.24) is 40.4 Å². The molecule has 398 valence electrons. The Bertz CT molecular complexity index is 3250. The van der Waals surface area contributed by atoms with Crippen LogP contribution < -0.4 is 60.2 Å². The topological polar surface area (TPSA) is 345 Å². The van der Waals surface area contributed by atoms with Gasteiger partial charge in [0, 0.05) is 76.4 Å². The quantitative estimate of drug-likeness (QED) is 0.0176. The lowest BCUT2D eigenvalue weighted by atomic mass is 10.1. The van der Waals surface area contributed by atoms with Crippen molar-refractivity contribution >= 4 is 52.5 Å². The highest BCUT2D eigenvalue weighted by molar-refractivity contribution is 5.98. The minimum Gasteiger partial charge on any atom is -0.409 e. The zero-order valence-electron chi connectivity index (χ0n) is 43.7. The number of rotatable bonds is 19. The Balaban J connectivity index is 0.000000281. The molecule has 2 aromatic heterocycles. The number of nitrogens with zero attached hydrogens (tertiary/aromatic N) is 6. The maximum atomic E-state index is 13.4. The first-order valence-corrected chi connectivity index (χ1v) is 24.3. The molecular weight excluding hydrogens is 971 g/mol. The minimum absolute atomic E-state index is 0.0209. The monoisotopic (exact) mass is 1040 g/mol. The number of aromatic nitrogens is 4. The van der Waals surface area contributed by atoms with Crippen molar-refractivity contribution in [2.24, 2.45) is 10.9 Å². The molecule has 0 aliphatic heterocycles. The number of nitrogens with one attached hydrogen (secondary N) is 6. The Kier molecular flexibility index (Phi) is 20.0. The number of nitrogens with two attached hydrogens (primary N) is 3. The molecule has 0 atom stereocenters. The smallest absolute Gasteiger partial charge is 0.294 e. The van der Waals surface area contributed by atoms with Gasteiger partial charge in [-0.3, -0.25) is 37.9 Å². The molecule has 22 nitrogen and oxygen atoms in total. The number of amidine groups is 1. The fourth-order valence-electron chi connectivity index (χ4n) is 7.40. The zero-order chi connectivity index (χ0) is 55.8. The second-order valence-electron chi connectivity index (χ2n) is 18.9. The van der Waals surface area contributed by atoms with Crippen LogP contribution in [0.5, 0.6) is 0 Å². The van der Waals surface area contributed by atoms with Crippen LogP contribution in [0, 0.1) is 11.3 Å². The maximum absolute atomic E-state index is 13.4. The lowest BCUT2D eigenvalue weighted by Crippen LogP contribution is -2.35. The van der Waals surface area contributed by atoms with E-state index in [2.05, 4.69) is 53.1 Å². The van der Waals surface area contributed by atoms with Gasteiger partial charge in [0.15, 0.2) is 17.5 Å². The fourth-order valence-corrected chi connectivity index (χ4v) is 7.40. The van der Waals surface area contributed by atoms with Crippen LogP contribution in [0.25, 0.3) is 22.5 Å². The fraction of sp³-hybridized carbons (Fsp3) is 0.296. The van der Waals surface area contributed by atoms with Gasteiger partial charge in [0.25, 0.3) is 22.9 Å². The number of carbonyl (C=O) groups is 4. The van der Waals surface area contributed by atoms with Crippen molar-refractivity contribution in [2.45, 2.75) is 106 Å². The molecular formula is C54H65N15O7. The summed E-state index contributed by atoms with van der Waals surface area (Å²) >= 11 is 0. The summed E-state index contributed by atoms with van der Waals surface area (Å²) in [5.41, 5.74) is 22.4. The molecule has 0 saturated carbocycles. The first-order valence-electron chi connectivity index (χ1n) is 24.3. The van der Waals surface area contributed by atoms with Gasteiger partial charge < -0.3 is 54.3 Å². The lowest BCUT2D eigenvalue weighted by molar-refractivity contribution is -0.122. The highest BCUT2D eigenvalue weighted by Crippen LogP contribution is 2.25. The number of hydrogen-bond donors (Lipinski definition) is 10. The summed E-state index contributed by atoms with van der Waals surface area (Å²) in [7, 11) is 0. The molecule has 4 aromatic carbocycles. The van der Waals surface area contributed by atoms with Gasteiger partial charge in [-0.05, 0) is 115 Å². The number of oxime groups is 1. The normalized spacial score (nSPS) is 11.1. The van der Waals surface area contributed by atoms with Gasteiger partial charge in [0.05, 0.1) is 35.4 Å². The van der Waals surface area contributed by atoms with E-state index in [1.54, 1.807) is 84.9 Å². The molecule has 0 radical (unpaired) electrons. The highest BCUT2D eigenvalue weighted by atomic mass is 16.4. The number of hydrogen-bond acceptors (Lipinski definition) is 15. The van der Waals surface area contributed by atoms with Gasteiger partial charge in [0.1, 0.15) is 13.1 Å². The Hall–Kier alpha value is -9.52. The standard InChI is InChI=1S/C27H34N8O4.C27H31N7O3/c1-15(2)32-25-27(38)35(14-23(36)30-12-17-5-7-18(8-6-17)24(29)34-39)22(13-31-25)19-9-20(11-21(28)10-19)26(37)33-16(3)4;1-16(2)32-25-27(37)34(15-24(35)30-13-19-7-5-18(12-28)6-8-19)23(14-31-25)20-9-21(11-22(29)10-20)26(36)33-17(3)4/h5-11,13,15-16,39H,12,14,28H2,1-4H3,(H2,29,34)(H,30,36)(H,31,32)(H,33,37);5-11,14,16-17H,13,15,29H2,1-4H3,(H,30,35)(H,31,32)(H,33,36). The number of carbonyl (C=O) groups excluding carboxylic acids is 4. The number of nitrogen functional groups attached to an aromatic ring is 2. The third kappa shape index (κ3) is 16.2. The van der Waals surface area contributed by atoms with E-state index in [4.69, 9.17) is 27.7 Å². The van der Waals surface area contributed by atoms with E-state index in [9.17, 15) is 28.8 Å². The first kappa shape index (κ1) is 57.4. The average Bonchev–Trinajstić information content (AvgIpc) is 3.36. The second kappa shape index (κ2) is 26.4. The molecule has 0 bridgehead atoms. The van der Waals surface area contributed by atoms with E-state index in [1.807, 2.05) is 55.4 Å². The maximum Gasteiger partial charge on any atom is 0.294 e. The van der Waals surface area contributed by atoms with Crippen LogP contribution in [0.15, 0.2) is 112 Å². The minimum atomic E-state index is -0.491. The number of anilines is 4. The van der Waals surface area contributed by atoms with Crippen LogP contribution >= 0.6 is 0 Å². The third-order valence-corrected chi connectivity index (χ3v) is 10.8. The summed E-state index contributed by atoms with van der Waals surface area (Å²) < 4.78 is 2.61. The predicted octanol–water partition coefficient (Wildman–Crippen LogP) is 4.50. The van der Waals surface area contributed by atoms with E-state index in [1.165, 1.54) is 21.5 Å². The molecule has 0 aliphatic carbocycles. The largest absolute Gasteiger partial charge is 0.409 e. The molecule has 0 spiro atoms. The molecule has 0 aliphatic rings. The van der Waals surface area contributed by atoms with Crippen LogP contribution in [-0.4, -0.2) is 77.9 Å². The van der Waals surface area contributed by atoms with Gasteiger partial charge in [-0.1, -0.05) is 41.6 Å². The van der Waals surface area contributed by atoms with E-state index in [0.717, 1.165) is 11.1 Å². The highest BCUT2D eigenvalue weighted by Gasteiger charge is 2.20. The summed E-state index contributed by atoms with van der Waals surface area (Å²) in [4.78, 5) is 86.4. The predicted molar refractivity (Wildman–Crippen MR) is 293 cm³/mol. The van der Waals surface area contributed by atoms with Gasteiger partial charge in [-0.25, -0.2) is 9.97 Å². The van der Waals surface area contributed by atoms with Crippen molar-refractivity contribution in [3.63, 3.8) is 0 Å². The van der Waals surface area contributed by atoms with Crippen LogP contribution in [0.2, 0.25) is 0 Å². The lowest BCUT2D eigenvalue weighted by Gasteiger charge is -2.17. The van der Waals surface area contributed by atoms with Gasteiger partial charge in [0.2, 0.25) is 11.8 Å². The molecule has 6 rings (SSSR count). The average molecular weight is 1040 g/mol. The number of amides is 4. The molecule has 0 unspecified atom stereocenters. The van der Waals surface area contributed by atoms with Crippen molar-refractivity contribution in [1.29, 1.82) is 5.26 Å². The SMILES string of the molecule is CC(C)NC(=O)c1cc(N)cc(-c2cnc(NC(C)C)c(=O)n2CC(=O)NCc2ccc(/C(N)=N/O)cc2)c1.CC(C)NC(=O)c1cc(N)cc(-c2cnc(NC(C)C)c(=O)n2CC(=O)NCc2ccc(C#N)cc2)c1. The Morgan fingerprint density at radius 1 is 0.605 bits per heavy atom. The molecule has 4 amide bonds. The van der Waals surface area contributed by atoms with E-state index in [-0.39, 0.29) is 79.6 Å². The van der Waals surface area contributed by atoms with Crippen molar-refractivity contribution < 1.29 is 24.4 Å². The Labute approximate surface area is 439 Å². The summed E-state index contributed by atoms with van der Waals surface area (Å²) in [5, 5.41) is 38.0. The molecule has 22 heteroatoms. The molecule has 6 aromatic rings. The number of nitriles is 1. The summed E-state index contributed by atoms with van der Waals surface area (Å²) in [6.45, 7) is 14.7. The second-order valence-corrected chi connectivity index (χ2v) is 18.9. The van der Waals surface area contributed by atoms with Gasteiger partial charge in [-0.2, -0.15) is 5.26 Å². The molecule has 13 N–H and O–H groups in total. The van der Waals surface area contributed by atoms with Crippen LogP contribution in [-0.2, 0) is 35.8 Å². The zero-order valence-corrected chi connectivity index (χ0v) is 43.7. The molecule has 76 heavy (non-hydrogen) atoms. The van der Waals surface area contributed by atoms with Crippen molar-refractivity contribution in [2.75, 3.05) is 22.1 Å². The Morgan fingerprint density at radius 2 is 1.00 bits per heavy atom. The van der Waals surface area contributed by atoms with E-state index < -0.39 is 22.9 Å². The summed E-state index contributed by atoms with van der Waals surface area (Å²) in [5.74, 6) is -1.23. The number of benzene rings is 4. The van der Waals surface area contributed by atoms with Crippen LogP contribution in [0.1, 0.15) is 98.4 Å². The van der Waals surface area contributed by atoms with Gasteiger partial charge in [-0.15, -0.1) is 0 Å². The molecule has 0 fully saturated rings. The van der Waals surface area contributed by atoms with Crippen molar-refractivity contribution in [3.8, 4) is 28.6 Å². The summed E-state index contributed by atoms with van der Waals surface area (Å²) in [6.07, 6.45) is 2.96. The van der Waals surface area contributed by atoms with Gasteiger partial charge >= 0.3 is 0 Å². The van der Waals surface area contributed by atoms with Crippen molar-refractivity contribution in [3.05, 3.63) is 151 Å². The van der Waals surface area contributed by atoms with Crippen LogP contribution in [0.4, 0.5) is 23.0 Å². The Morgan fingerprint density at radius 3 is 1.36 bits per heavy atom. The molecule has 2 heterocycles. The third-order valence-electron chi connectivity index (χ3n) is 10.8. The van der Waals surface area contributed by atoms with E-state index in [0.29, 0.717) is 56.1 Å². The van der Waals surface area contributed by atoms with Crippen LogP contribution in [0.3, 0.4) is 0 Å². The van der Waals surface area contributed by atoms with E-state index >= 15 is 0 Å². The summed E-state index contributed by atoms with van der Waals surface area (Å²) in [6, 6.07) is 25.0.